The monoisotopic (exact) mass is 376 g/mol. The largest absolute Gasteiger partial charge is 0.450 e. The zero-order valence-corrected chi connectivity index (χ0v) is 16.2. The topological polar surface area (TPSA) is 91.8 Å². The third kappa shape index (κ3) is 5.42. The number of nitrogens with one attached hydrogen (secondary N) is 1. The highest BCUT2D eigenvalue weighted by Crippen LogP contribution is 2.13. The van der Waals surface area contributed by atoms with Gasteiger partial charge in [0.25, 0.3) is 11.8 Å². The first kappa shape index (κ1) is 20.7. The number of carbonyl (C=O) groups excluding carboxylic acids is 3. The fraction of sp³-hybridized carbons (Fsp3) is 0.579. The summed E-state index contributed by atoms with van der Waals surface area (Å²) in [5, 5.41) is 2.94. The number of nitrogens with zero attached hydrogens (tertiary/aromatic N) is 3. The van der Waals surface area contributed by atoms with E-state index >= 15 is 0 Å². The van der Waals surface area contributed by atoms with Gasteiger partial charge in [-0.25, -0.2) is 4.79 Å². The van der Waals surface area contributed by atoms with Gasteiger partial charge in [0.05, 0.1) is 6.61 Å². The Balaban J connectivity index is 1.94. The Hall–Kier alpha value is -2.64. The van der Waals surface area contributed by atoms with Gasteiger partial charge < -0.3 is 19.9 Å². The molecule has 0 aromatic carbocycles. The van der Waals surface area contributed by atoms with Crippen LogP contribution in [0.1, 0.15) is 54.5 Å². The van der Waals surface area contributed by atoms with Crippen molar-refractivity contribution in [3.8, 4) is 0 Å². The number of aromatic nitrogens is 1. The summed E-state index contributed by atoms with van der Waals surface area (Å²) in [5.41, 5.74) is 0.678. The first-order chi connectivity index (χ1) is 13.0. The smallest absolute Gasteiger partial charge is 0.409 e. The molecule has 1 aliphatic heterocycles. The lowest BCUT2D eigenvalue weighted by atomic mass is 10.1. The maximum absolute atomic E-state index is 12.5. The Labute approximate surface area is 159 Å². The molecular weight excluding hydrogens is 348 g/mol. The lowest BCUT2D eigenvalue weighted by Crippen LogP contribution is -2.46. The minimum atomic E-state index is -0.313. The molecule has 0 unspecified atom stereocenters. The maximum Gasteiger partial charge on any atom is 0.409 e. The van der Waals surface area contributed by atoms with E-state index in [1.807, 2.05) is 13.8 Å². The molecule has 8 heteroatoms. The molecule has 27 heavy (non-hydrogen) atoms. The van der Waals surface area contributed by atoms with E-state index in [0.717, 1.165) is 0 Å². The quantitative estimate of drug-likeness (QED) is 0.819. The summed E-state index contributed by atoms with van der Waals surface area (Å²) in [5.74, 6) is -0.419. The molecule has 0 atom stereocenters. The van der Waals surface area contributed by atoms with Crippen molar-refractivity contribution in [1.29, 1.82) is 0 Å². The molecule has 1 saturated heterocycles. The van der Waals surface area contributed by atoms with E-state index in [9.17, 15) is 14.4 Å². The summed E-state index contributed by atoms with van der Waals surface area (Å²) in [7, 11) is 0. The predicted octanol–water partition coefficient (Wildman–Crippen LogP) is 1.91. The minimum Gasteiger partial charge on any atom is -0.450 e. The van der Waals surface area contributed by atoms with Crippen LogP contribution in [0.2, 0.25) is 0 Å². The average molecular weight is 376 g/mol. The molecule has 1 aromatic rings. The fourth-order valence-corrected chi connectivity index (χ4v) is 3.06. The van der Waals surface area contributed by atoms with Crippen molar-refractivity contribution in [2.24, 2.45) is 0 Å². The second kappa shape index (κ2) is 9.89. The third-order valence-corrected chi connectivity index (χ3v) is 4.65. The van der Waals surface area contributed by atoms with Crippen LogP contribution in [0, 0.1) is 0 Å². The van der Waals surface area contributed by atoms with Crippen LogP contribution in [-0.4, -0.2) is 71.5 Å². The Morgan fingerprint density at radius 1 is 1.22 bits per heavy atom. The molecule has 1 N–H and O–H groups in total. The summed E-state index contributed by atoms with van der Waals surface area (Å²) in [6.07, 6.45) is 2.48. The Bertz CT molecular complexity index is 667. The molecule has 0 spiro atoms. The molecule has 2 rings (SSSR count). The lowest BCUT2D eigenvalue weighted by Gasteiger charge is -2.31. The van der Waals surface area contributed by atoms with Gasteiger partial charge in [-0.3, -0.25) is 14.6 Å². The molecule has 0 radical (unpaired) electrons. The number of hydrogen-bond acceptors (Lipinski definition) is 5. The second-order valence-corrected chi connectivity index (χ2v) is 6.34. The number of carbonyl (C=O) groups is 3. The zero-order chi connectivity index (χ0) is 19.8. The van der Waals surface area contributed by atoms with Crippen molar-refractivity contribution in [1.82, 2.24) is 20.1 Å². The molecule has 2 heterocycles. The number of likely N-dealkylation sites (tertiary alicyclic amines) is 1. The van der Waals surface area contributed by atoms with Gasteiger partial charge in [0.1, 0.15) is 5.69 Å². The van der Waals surface area contributed by atoms with Gasteiger partial charge in [-0.15, -0.1) is 0 Å². The SMILES string of the molecule is CCOC(=O)N1CCC(NC(=O)c2cc(C(=O)N(CC)CC)ccn2)CC1. The van der Waals surface area contributed by atoms with Gasteiger partial charge in [-0.1, -0.05) is 0 Å². The number of amides is 3. The van der Waals surface area contributed by atoms with Crippen molar-refractivity contribution < 1.29 is 19.1 Å². The zero-order valence-electron chi connectivity index (χ0n) is 16.2. The first-order valence-electron chi connectivity index (χ1n) is 9.47. The molecule has 8 nitrogen and oxygen atoms in total. The van der Waals surface area contributed by atoms with Crippen LogP contribution in [0.3, 0.4) is 0 Å². The Morgan fingerprint density at radius 2 is 1.89 bits per heavy atom. The van der Waals surface area contributed by atoms with Crippen molar-refractivity contribution in [2.45, 2.75) is 39.7 Å². The van der Waals surface area contributed by atoms with Crippen LogP contribution in [-0.2, 0) is 4.74 Å². The minimum absolute atomic E-state index is 0.0351. The molecule has 1 aromatic heterocycles. The summed E-state index contributed by atoms with van der Waals surface area (Å²) in [6, 6.07) is 3.12. The van der Waals surface area contributed by atoms with Gasteiger partial charge in [-0.05, 0) is 45.7 Å². The van der Waals surface area contributed by atoms with Crippen molar-refractivity contribution >= 4 is 17.9 Å². The molecular formula is C19H28N4O4. The molecule has 1 fully saturated rings. The second-order valence-electron chi connectivity index (χ2n) is 6.34. The van der Waals surface area contributed by atoms with Crippen LogP contribution in [0.5, 0.6) is 0 Å². The van der Waals surface area contributed by atoms with Crippen LogP contribution in [0.4, 0.5) is 4.79 Å². The molecule has 1 aliphatic rings. The van der Waals surface area contributed by atoms with Crippen LogP contribution in [0.25, 0.3) is 0 Å². The first-order valence-corrected chi connectivity index (χ1v) is 9.47. The number of hydrogen-bond donors (Lipinski definition) is 1. The molecule has 3 amide bonds. The van der Waals surface area contributed by atoms with Crippen molar-refractivity contribution in [3.63, 3.8) is 0 Å². The highest BCUT2D eigenvalue weighted by atomic mass is 16.6. The average Bonchev–Trinajstić information content (AvgIpc) is 2.69. The van der Waals surface area contributed by atoms with Crippen LogP contribution < -0.4 is 5.32 Å². The van der Waals surface area contributed by atoms with E-state index in [4.69, 9.17) is 4.74 Å². The number of pyridine rings is 1. The van der Waals surface area contributed by atoms with E-state index in [1.165, 1.54) is 12.3 Å². The number of piperidine rings is 1. The normalized spacial score (nSPS) is 14.6. The molecule has 0 aliphatic carbocycles. The van der Waals surface area contributed by atoms with Gasteiger partial charge in [0.15, 0.2) is 0 Å². The molecule has 0 saturated carbocycles. The Kier molecular flexibility index (Phi) is 7.57. The standard InChI is InChI=1S/C19H28N4O4/c1-4-22(5-2)18(25)14-7-10-20-16(13-14)17(24)21-15-8-11-23(12-9-15)19(26)27-6-3/h7,10,13,15H,4-6,8-9,11-12H2,1-3H3,(H,21,24). The van der Waals surface area contributed by atoms with E-state index in [-0.39, 0.29) is 29.6 Å². The molecule has 148 valence electrons. The third-order valence-electron chi connectivity index (χ3n) is 4.65. The molecule has 0 bridgehead atoms. The van der Waals surface area contributed by atoms with Crippen LogP contribution in [0.15, 0.2) is 18.3 Å². The summed E-state index contributed by atoms with van der Waals surface area (Å²) in [4.78, 5) is 44.1. The van der Waals surface area contributed by atoms with E-state index < -0.39 is 0 Å². The van der Waals surface area contributed by atoms with E-state index in [0.29, 0.717) is 51.2 Å². The van der Waals surface area contributed by atoms with Gasteiger partial charge in [0, 0.05) is 44.0 Å². The van der Waals surface area contributed by atoms with Gasteiger partial charge >= 0.3 is 6.09 Å². The predicted molar refractivity (Wildman–Crippen MR) is 101 cm³/mol. The van der Waals surface area contributed by atoms with Crippen LogP contribution >= 0.6 is 0 Å². The fourth-order valence-electron chi connectivity index (χ4n) is 3.06. The van der Waals surface area contributed by atoms with E-state index in [1.54, 1.807) is 22.8 Å². The summed E-state index contributed by atoms with van der Waals surface area (Å²) >= 11 is 0. The van der Waals surface area contributed by atoms with E-state index in [2.05, 4.69) is 10.3 Å². The van der Waals surface area contributed by atoms with Gasteiger partial charge in [0.2, 0.25) is 0 Å². The highest BCUT2D eigenvalue weighted by Gasteiger charge is 2.25. The maximum atomic E-state index is 12.5. The highest BCUT2D eigenvalue weighted by molar-refractivity contribution is 5.98. The van der Waals surface area contributed by atoms with Crippen molar-refractivity contribution in [3.05, 3.63) is 29.6 Å². The Morgan fingerprint density at radius 3 is 2.48 bits per heavy atom. The summed E-state index contributed by atoms with van der Waals surface area (Å²) < 4.78 is 4.99. The van der Waals surface area contributed by atoms with Crippen molar-refractivity contribution in [2.75, 3.05) is 32.8 Å². The lowest BCUT2D eigenvalue weighted by molar-refractivity contribution is 0.0772. The number of ether oxygens (including phenoxy) is 1. The summed E-state index contributed by atoms with van der Waals surface area (Å²) in [6.45, 7) is 8.25. The van der Waals surface area contributed by atoms with Gasteiger partial charge in [-0.2, -0.15) is 0 Å². The number of rotatable bonds is 6.